The average Bonchev–Trinajstić information content (AvgIpc) is 3.06. The maximum Gasteiger partial charge on any atom is 0.236 e. The SMILES string of the molecule is c1ccc(CN(Cc2coc(-c3cccs3)n2)C2CC2)cc1. The van der Waals surface area contributed by atoms with Crippen molar-refractivity contribution in [1.82, 2.24) is 9.88 Å². The zero-order chi connectivity index (χ0) is 14.8. The van der Waals surface area contributed by atoms with E-state index < -0.39 is 0 Å². The van der Waals surface area contributed by atoms with Crippen LogP contribution in [0.4, 0.5) is 0 Å². The van der Waals surface area contributed by atoms with Gasteiger partial charge in [0.2, 0.25) is 5.89 Å². The minimum Gasteiger partial charge on any atom is -0.444 e. The van der Waals surface area contributed by atoms with Gasteiger partial charge >= 0.3 is 0 Å². The third-order valence-electron chi connectivity index (χ3n) is 3.94. The van der Waals surface area contributed by atoms with E-state index in [1.807, 2.05) is 17.5 Å². The molecule has 0 aliphatic heterocycles. The fraction of sp³-hybridized carbons (Fsp3) is 0.278. The summed E-state index contributed by atoms with van der Waals surface area (Å²) in [6.07, 6.45) is 4.39. The Kier molecular flexibility index (Phi) is 3.79. The van der Waals surface area contributed by atoms with Crippen molar-refractivity contribution >= 4 is 11.3 Å². The highest BCUT2D eigenvalue weighted by atomic mass is 32.1. The first kappa shape index (κ1) is 13.7. The second kappa shape index (κ2) is 6.07. The first-order valence-electron chi connectivity index (χ1n) is 7.65. The molecule has 112 valence electrons. The molecule has 0 radical (unpaired) electrons. The summed E-state index contributed by atoms with van der Waals surface area (Å²) in [6.45, 7) is 1.83. The molecule has 4 rings (SSSR count). The molecule has 4 heteroatoms. The van der Waals surface area contributed by atoms with Gasteiger partial charge in [-0.15, -0.1) is 11.3 Å². The molecule has 0 bridgehead atoms. The van der Waals surface area contributed by atoms with E-state index in [1.165, 1.54) is 18.4 Å². The zero-order valence-electron chi connectivity index (χ0n) is 12.3. The van der Waals surface area contributed by atoms with Crippen molar-refractivity contribution in [3.63, 3.8) is 0 Å². The van der Waals surface area contributed by atoms with Crippen LogP contribution in [0, 0.1) is 0 Å². The molecule has 1 aliphatic carbocycles. The Bertz CT molecular complexity index is 717. The predicted molar refractivity (Wildman–Crippen MR) is 88.5 cm³/mol. The standard InChI is InChI=1S/C18H18N2OS/c1-2-5-14(6-3-1)11-20(16-8-9-16)12-15-13-21-18(19-15)17-7-4-10-22-17/h1-7,10,13,16H,8-9,11-12H2. The minimum absolute atomic E-state index is 0.696. The number of hydrogen-bond donors (Lipinski definition) is 0. The third kappa shape index (κ3) is 3.13. The molecular formula is C18H18N2OS. The molecule has 1 saturated carbocycles. The lowest BCUT2D eigenvalue weighted by Gasteiger charge is -2.20. The van der Waals surface area contributed by atoms with Gasteiger partial charge in [-0.3, -0.25) is 4.90 Å². The minimum atomic E-state index is 0.696. The Morgan fingerprint density at radius 2 is 1.95 bits per heavy atom. The molecule has 3 aromatic rings. The highest BCUT2D eigenvalue weighted by Crippen LogP contribution is 2.30. The van der Waals surface area contributed by atoms with Gasteiger partial charge in [0.15, 0.2) is 0 Å². The first-order chi connectivity index (χ1) is 10.9. The first-order valence-corrected chi connectivity index (χ1v) is 8.53. The Morgan fingerprint density at radius 1 is 1.09 bits per heavy atom. The van der Waals surface area contributed by atoms with Gasteiger partial charge in [-0.2, -0.15) is 0 Å². The molecule has 3 nitrogen and oxygen atoms in total. The quantitative estimate of drug-likeness (QED) is 0.668. The number of nitrogens with zero attached hydrogens (tertiary/aromatic N) is 2. The van der Waals surface area contributed by atoms with Crippen molar-refractivity contribution in [3.05, 3.63) is 65.4 Å². The Hall–Kier alpha value is -1.91. The van der Waals surface area contributed by atoms with Gasteiger partial charge in [-0.1, -0.05) is 36.4 Å². The third-order valence-corrected chi connectivity index (χ3v) is 4.80. The lowest BCUT2D eigenvalue weighted by Crippen LogP contribution is -2.25. The van der Waals surface area contributed by atoms with E-state index in [1.54, 1.807) is 17.6 Å². The molecule has 0 amide bonds. The zero-order valence-corrected chi connectivity index (χ0v) is 13.1. The van der Waals surface area contributed by atoms with Gasteiger partial charge in [0.05, 0.1) is 10.6 Å². The van der Waals surface area contributed by atoms with Crippen molar-refractivity contribution < 1.29 is 4.42 Å². The van der Waals surface area contributed by atoms with Crippen LogP contribution in [0.2, 0.25) is 0 Å². The largest absolute Gasteiger partial charge is 0.444 e. The number of oxazole rings is 1. The maximum atomic E-state index is 5.63. The Balaban J connectivity index is 1.48. The van der Waals surface area contributed by atoms with Gasteiger partial charge in [0, 0.05) is 19.1 Å². The maximum absolute atomic E-state index is 5.63. The van der Waals surface area contributed by atoms with E-state index in [2.05, 4.69) is 40.2 Å². The number of rotatable bonds is 6. The molecule has 1 fully saturated rings. The Labute approximate surface area is 134 Å². The molecule has 0 spiro atoms. The normalized spacial score (nSPS) is 14.6. The fourth-order valence-electron chi connectivity index (χ4n) is 2.67. The van der Waals surface area contributed by atoms with Gasteiger partial charge in [-0.05, 0) is 29.9 Å². The fourth-order valence-corrected chi connectivity index (χ4v) is 3.33. The molecule has 0 N–H and O–H groups in total. The molecular weight excluding hydrogens is 292 g/mol. The summed E-state index contributed by atoms with van der Waals surface area (Å²) in [5.41, 5.74) is 2.38. The smallest absolute Gasteiger partial charge is 0.236 e. The molecule has 22 heavy (non-hydrogen) atoms. The summed E-state index contributed by atoms with van der Waals surface area (Å²) in [7, 11) is 0. The van der Waals surface area contributed by atoms with Crippen LogP contribution in [0.3, 0.4) is 0 Å². The van der Waals surface area contributed by atoms with E-state index in [0.717, 1.165) is 29.6 Å². The van der Waals surface area contributed by atoms with Gasteiger partial charge < -0.3 is 4.42 Å². The van der Waals surface area contributed by atoms with Crippen molar-refractivity contribution in [2.24, 2.45) is 0 Å². The Morgan fingerprint density at radius 3 is 2.68 bits per heavy atom. The van der Waals surface area contributed by atoms with Gasteiger partial charge in [0.25, 0.3) is 0 Å². The van der Waals surface area contributed by atoms with E-state index in [4.69, 9.17) is 4.42 Å². The van der Waals surface area contributed by atoms with Crippen LogP contribution in [0.15, 0.2) is 58.5 Å². The van der Waals surface area contributed by atoms with E-state index in [-0.39, 0.29) is 0 Å². The summed E-state index contributed by atoms with van der Waals surface area (Å²) in [4.78, 5) is 8.24. The van der Waals surface area contributed by atoms with Crippen LogP contribution >= 0.6 is 11.3 Å². The summed E-state index contributed by atoms with van der Waals surface area (Å²) >= 11 is 1.66. The second-order valence-electron chi connectivity index (χ2n) is 5.74. The van der Waals surface area contributed by atoms with Crippen molar-refractivity contribution in [2.45, 2.75) is 32.0 Å². The lowest BCUT2D eigenvalue weighted by molar-refractivity contribution is 0.242. The average molecular weight is 310 g/mol. The number of thiophene rings is 1. The summed E-state index contributed by atoms with van der Waals surface area (Å²) in [6, 6.07) is 15.4. The van der Waals surface area contributed by atoms with Gasteiger partial charge in [0.1, 0.15) is 6.26 Å². The van der Waals surface area contributed by atoms with E-state index >= 15 is 0 Å². The van der Waals surface area contributed by atoms with Crippen molar-refractivity contribution in [2.75, 3.05) is 0 Å². The van der Waals surface area contributed by atoms with Crippen LogP contribution in [-0.4, -0.2) is 15.9 Å². The monoisotopic (exact) mass is 310 g/mol. The van der Waals surface area contributed by atoms with E-state index in [0.29, 0.717) is 6.04 Å². The summed E-state index contributed by atoms with van der Waals surface area (Å²) in [5, 5.41) is 2.05. The molecule has 0 saturated heterocycles. The van der Waals surface area contributed by atoms with Crippen LogP contribution in [-0.2, 0) is 13.1 Å². The number of hydrogen-bond acceptors (Lipinski definition) is 4. The van der Waals surface area contributed by atoms with Crippen molar-refractivity contribution in [1.29, 1.82) is 0 Å². The highest BCUT2D eigenvalue weighted by Gasteiger charge is 2.29. The summed E-state index contributed by atoms with van der Waals surface area (Å²) < 4.78 is 5.63. The molecule has 1 aromatic carbocycles. The molecule has 0 atom stereocenters. The summed E-state index contributed by atoms with van der Waals surface area (Å²) in [5.74, 6) is 0.737. The van der Waals surface area contributed by atoms with Gasteiger partial charge in [-0.25, -0.2) is 4.98 Å². The topological polar surface area (TPSA) is 29.3 Å². The number of aromatic nitrogens is 1. The lowest BCUT2D eigenvalue weighted by atomic mass is 10.2. The van der Waals surface area contributed by atoms with Crippen molar-refractivity contribution in [3.8, 4) is 10.8 Å². The number of benzene rings is 1. The molecule has 2 heterocycles. The van der Waals surface area contributed by atoms with Crippen LogP contribution in [0.5, 0.6) is 0 Å². The highest BCUT2D eigenvalue weighted by molar-refractivity contribution is 7.13. The van der Waals surface area contributed by atoms with Crippen LogP contribution < -0.4 is 0 Å². The molecule has 2 aromatic heterocycles. The van der Waals surface area contributed by atoms with Crippen LogP contribution in [0.25, 0.3) is 10.8 Å². The predicted octanol–water partition coefficient (Wildman–Crippen LogP) is 4.57. The van der Waals surface area contributed by atoms with E-state index in [9.17, 15) is 0 Å². The molecule has 0 unspecified atom stereocenters. The molecule has 1 aliphatic rings. The van der Waals surface area contributed by atoms with Crippen LogP contribution in [0.1, 0.15) is 24.1 Å². The second-order valence-corrected chi connectivity index (χ2v) is 6.69.